The Morgan fingerprint density at radius 3 is 2.81 bits per heavy atom. The number of rotatable bonds is 7. The number of carbonyl (C=O) groups excluding carboxylic acids is 1. The van der Waals surface area contributed by atoms with Gasteiger partial charge in [0.05, 0.1) is 24.2 Å². The van der Waals surface area contributed by atoms with Crippen molar-refractivity contribution in [2.45, 2.75) is 31.5 Å². The van der Waals surface area contributed by atoms with Crippen molar-refractivity contribution in [3.05, 3.63) is 54.0 Å². The Bertz CT molecular complexity index is 1030. The number of nitrogens with one attached hydrogen (secondary N) is 1. The van der Waals surface area contributed by atoms with Crippen molar-refractivity contribution in [1.82, 2.24) is 14.8 Å². The molecule has 3 heterocycles. The molecule has 1 fully saturated rings. The molecule has 1 N–H and O–H groups in total. The van der Waals surface area contributed by atoms with Crippen molar-refractivity contribution in [2.24, 2.45) is 5.92 Å². The van der Waals surface area contributed by atoms with Crippen LogP contribution < -0.4 is 10.2 Å². The lowest BCUT2D eigenvalue weighted by Crippen LogP contribution is -2.35. The van der Waals surface area contributed by atoms with Crippen LogP contribution in [0.1, 0.15) is 25.5 Å². The molecule has 1 aliphatic rings. The van der Waals surface area contributed by atoms with Gasteiger partial charge in [-0.15, -0.1) is 10.2 Å². The van der Waals surface area contributed by atoms with Gasteiger partial charge in [0.15, 0.2) is 5.16 Å². The number of hydrogen-bond donors (Lipinski definition) is 1. The number of piperidine rings is 1. The zero-order valence-corrected chi connectivity index (χ0v) is 17.9. The summed E-state index contributed by atoms with van der Waals surface area (Å²) in [5.41, 5.74) is -0.189. The second-order valence-electron chi connectivity index (χ2n) is 7.58. The Morgan fingerprint density at radius 2 is 2.06 bits per heavy atom. The number of thioether (sulfide) groups is 1. The van der Waals surface area contributed by atoms with E-state index in [1.807, 2.05) is 16.7 Å². The molecule has 0 unspecified atom stereocenters. The van der Waals surface area contributed by atoms with Gasteiger partial charge in [-0.1, -0.05) is 18.7 Å². The summed E-state index contributed by atoms with van der Waals surface area (Å²) in [6, 6.07) is 6.61. The molecule has 1 amide bonds. The quantitative estimate of drug-likeness (QED) is 0.548. The Labute approximate surface area is 182 Å². The zero-order chi connectivity index (χ0) is 21.8. The second kappa shape index (κ2) is 9.51. The minimum Gasteiger partial charge on any atom is -0.467 e. The lowest BCUT2D eigenvalue weighted by molar-refractivity contribution is -0.113. The SMILES string of the molecule is CC1CCN(c2nnc(SCC(=O)Nc3cc(F)ccc3F)n2Cc2ccco2)CC1. The van der Waals surface area contributed by atoms with E-state index in [1.165, 1.54) is 11.8 Å². The topological polar surface area (TPSA) is 76.2 Å². The lowest BCUT2D eigenvalue weighted by atomic mass is 10.00. The molecule has 1 aromatic carbocycles. The van der Waals surface area contributed by atoms with E-state index in [0.717, 1.165) is 55.8 Å². The van der Waals surface area contributed by atoms with Crippen LogP contribution in [0, 0.1) is 17.6 Å². The number of aromatic nitrogens is 3. The number of hydrogen-bond acceptors (Lipinski definition) is 6. The van der Waals surface area contributed by atoms with E-state index in [9.17, 15) is 13.6 Å². The number of amides is 1. The molecule has 10 heteroatoms. The van der Waals surface area contributed by atoms with Gasteiger partial charge in [-0.25, -0.2) is 8.78 Å². The van der Waals surface area contributed by atoms with Gasteiger partial charge in [-0.3, -0.25) is 9.36 Å². The molecule has 0 spiro atoms. The van der Waals surface area contributed by atoms with Crippen LogP contribution in [0.2, 0.25) is 0 Å². The van der Waals surface area contributed by atoms with Crippen LogP contribution in [-0.2, 0) is 11.3 Å². The Balaban J connectivity index is 1.48. The molecule has 3 aromatic rings. The molecule has 1 aliphatic heterocycles. The van der Waals surface area contributed by atoms with E-state index in [4.69, 9.17) is 4.42 Å². The molecule has 164 valence electrons. The molecular formula is C21H23F2N5O2S. The van der Waals surface area contributed by atoms with Crippen LogP contribution in [-0.4, -0.2) is 39.5 Å². The summed E-state index contributed by atoms with van der Waals surface area (Å²) in [5.74, 6) is 0.365. The highest BCUT2D eigenvalue weighted by atomic mass is 32.2. The summed E-state index contributed by atoms with van der Waals surface area (Å²) < 4.78 is 34.5. The Hall–Kier alpha value is -2.88. The fourth-order valence-corrected chi connectivity index (χ4v) is 4.17. The standard InChI is InChI=1S/C21H23F2N5O2S/c1-14-6-8-27(9-7-14)20-25-26-21(28(20)12-16-3-2-10-30-16)31-13-19(29)24-18-11-15(22)4-5-17(18)23/h2-5,10-11,14H,6-9,12-13H2,1H3,(H,24,29). The van der Waals surface area contributed by atoms with Crippen molar-refractivity contribution in [2.75, 3.05) is 29.1 Å². The minimum atomic E-state index is -0.692. The molecule has 0 bridgehead atoms. The fourth-order valence-electron chi connectivity index (χ4n) is 3.44. The number of nitrogens with zero attached hydrogens (tertiary/aromatic N) is 4. The first-order chi connectivity index (χ1) is 15.0. The van der Waals surface area contributed by atoms with Crippen LogP contribution in [0.5, 0.6) is 0 Å². The summed E-state index contributed by atoms with van der Waals surface area (Å²) in [6.07, 6.45) is 3.77. The van der Waals surface area contributed by atoms with Gasteiger partial charge in [-0.05, 0) is 43.0 Å². The van der Waals surface area contributed by atoms with Crippen molar-refractivity contribution in [1.29, 1.82) is 0 Å². The molecule has 0 atom stereocenters. The van der Waals surface area contributed by atoms with Gasteiger partial charge in [0.2, 0.25) is 11.9 Å². The highest BCUT2D eigenvalue weighted by Crippen LogP contribution is 2.27. The monoisotopic (exact) mass is 447 g/mol. The largest absolute Gasteiger partial charge is 0.467 e. The fraction of sp³-hybridized carbons (Fsp3) is 0.381. The summed E-state index contributed by atoms with van der Waals surface area (Å²) in [7, 11) is 0. The molecule has 7 nitrogen and oxygen atoms in total. The van der Waals surface area contributed by atoms with E-state index in [0.29, 0.717) is 17.6 Å². The average Bonchev–Trinajstić information content (AvgIpc) is 3.40. The number of anilines is 2. The van der Waals surface area contributed by atoms with Crippen LogP contribution in [0.3, 0.4) is 0 Å². The lowest BCUT2D eigenvalue weighted by Gasteiger charge is -2.31. The van der Waals surface area contributed by atoms with Crippen LogP contribution in [0.15, 0.2) is 46.2 Å². The van der Waals surface area contributed by atoms with Gasteiger partial charge in [0.25, 0.3) is 0 Å². The Morgan fingerprint density at radius 1 is 1.26 bits per heavy atom. The second-order valence-corrected chi connectivity index (χ2v) is 8.52. The zero-order valence-electron chi connectivity index (χ0n) is 17.1. The van der Waals surface area contributed by atoms with E-state index in [-0.39, 0.29) is 11.4 Å². The summed E-state index contributed by atoms with van der Waals surface area (Å²) in [4.78, 5) is 14.5. The van der Waals surface area contributed by atoms with Gasteiger partial charge in [0.1, 0.15) is 17.4 Å². The molecule has 0 radical (unpaired) electrons. The van der Waals surface area contributed by atoms with Gasteiger partial charge < -0.3 is 14.6 Å². The van der Waals surface area contributed by atoms with Crippen molar-refractivity contribution in [3.63, 3.8) is 0 Å². The van der Waals surface area contributed by atoms with Crippen LogP contribution >= 0.6 is 11.8 Å². The summed E-state index contributed by atoms with van der Waals surface area (Å²) in [6.45, 7) is 4.46. The third-order valence-corrected chi connectivity index (χ3v) is 6.16. The maximum Gasteiger partial charge on any atom is 0.234 e. The predicted octanol–water partition coefficient (Wildman–Crippen LogP) is 4.16. The predicted molar refractivity (Wildman–Crippen MR) is 114 cm³/mol. The first-order valence-corrected chi connectivity index (χ1v) is 11.1. The van der Waals surface area contributed by atoms with Crippen molar-refractivity contribution in [3.8, 4) is 0 Å². The Kier molecular flexibility index (Phi) is 6.55. The molecule has 4 rings (SSSR count). The van der Waals surface area contributed by atoms with Gasteiger partial charge >= 0.3 is 0 Å². The molecular weight excluding hydrogens is 424 g/mol. The number of halogens is 2. The van der Waals surface area contributed by atoms with E-state index < -0.39 is 17.5 Å². The van der Waals surface area contributed by atoms with E-state index in [1.54, 1.807) is 6.26 Å². The molecule has 2 aromatic heterocycles. The first kappa shape index (κ1) is 21.4. The highest BCUT2D eigenvalue weighted by molar-refractivity contribution is 7.99. The molecule has 31 heavy (non-hydrogen) atoms. The van der Waals surface area contributed by atoms with Gasteiger partial charge in [-0.2, -0.15) is 0 Å². The van der Waals surface area contributed by atoms with Crippen molar-refractivity contribution >= 4 is 29.3 Å². The smallest absolute Gasteiger partial charge is 0.234 e. The molecule has 1 saturated heterocycles. The maximum atomic E-state index is 13.8. The van der Waals surface area contributed by atoms with Crippen molar-refractivity contribution < 1.29 is 18.0 Å². The molecule has 0 aliphatic carbocycles. The van der Waals surface area contributed by atoms with Gasteiger partial charge in [0, 0.05) is 19.2 Å². The summed E-state index contributed by atoms with van der Waals surface area (Å²) >= 11 is 1.18. The third-order valence-electron chi connectivity index (χ3n) is 5.19. The molecule has 0 saturated carbocycles. The van der Waals surface area contributed by atoms with E-state index in [2.05, 4.69) is 27.3 Å². The van der Waals surface area contributed by atoms with E-state index >= 15 is 0 Å². The van der Waals surface area contributed by atoms with Crippen LogP contribution in [0.25, 0.3) is 0 Å². The number of benzene rings is 1. The normalized spacial score (nSPS) is 14.7. The average molecular weight is 448 g/mol. The number of carbonyl (C=O) groups is 1. The third kappa shape index (κ3) is 5.25. The number of furan rings is 1. The minimum absolute atomic E-state index is 0.0245. The first-order valence-electron chi connectivity index (χ1n) is 10.1. The van der Waals surface area contributed by atoms with Crippen LogP contribution in [0.4, 0.5) is 20.4 Å². The maximum absolute atomic E-state index is 13.8. The summed E-state index contributed by atoms with van der Waals surface area (Å²) in [5, 5.41) is 11.6. The highest BCUT2D eigenvalue weighted by Gasteiger charge is 2.24.